The first-order chi connectivity index (χ1) is 11.8. The molecule has 4 heterocycles. The number of nitrogens with zero attached hydrogens (tertiary/aromatic N) is 3. The van der Waals surface area contributed by atoms with E-state index in [4.69, 9.17) is 0 Å². The van der Waals surface area contributed by atoms with Crippen molar-refractivity contribution in [1.29, 1.82) is 0 Å². The zero-order chi connectivity index (χ0) is 17.8. The van der Waals surface area contributed by atoms with E-state index in [9.17, 15) is 21.6 Å². The highest BCUT2D eigenvalue weighted by atomic mass is 32.2. The van der Waals surface area contributed by atoms with Crippen LogP contribution >= 0.6 is 0 Å². The smallest absolute Gasteiger partial charge is 0.360 e. The summed E-state index contributed by atoms with van der Waals surface area (Å²) in [4.78, 5) is 11.4. The topological polar surface area (TPSA) is 79.0 Å². The molecule has 0 radical (unpaired) electrons. The summed E-state index contributed by atoms with van der Waals surface area (Å²) in [6.45, 7) is -0.348. The monoisotopic (exact) mass is 370 g/mol. The van der Waals surface area contributed by atoms with Crippen LogP contribution in [-0.2, 0) is 10.0 Å². The van der Waals surface area contributed by atoms with E-state index in [0.717, 1.165) is 21.9 Å². The molecule has 3 aromatic rings. The number of hydrogen-bond acceptors (Lipinski definition) is 4. The molecule has 0 aliphatic carbocycles. The third-order valence-electron chi connectivity index (χ3n) is 4.55. The number of hydrogen-bond donors (Lipinski definition) is 1. The van der Waals surface area contributed by atoms with Crippen LogP contribution in [0, 0.1) is 0 Å². The number of halogens is 3. The Kier molecular flexibility index (Phi) is 3.51. The first kappa shape index (κ1) is 16.3. The molecule has 0 saturated carbocycles. The van der Waals surface area contributed by atoms with E-state index in [1.54, 1.807) is 30.7 Å². The number of alkyl halides is 3. The zero-order valence-corrected chi connectivity index (χ0v) is 13.6. The maximum absolute atomic E-state index is 12.8. The van der Waals surface area contributed by atoms with Crippen molar-refractivity contribution in [2.24, 2.45) is 0 Å². The fourth-order valence-corrected chi connectivity index (χ4v) is 4.39. The maximum atomic E-state index is 12.8. The fourth-order valence-electron chi connectivity index (χ4n) is 3.37. The first-order valence-corrected chi connectivity index (χ1v) is 9.00. The van der Waals surface area contributed by atoms with Crippen LogP contribution in [0.4, 0.5) is 13.2 Å². The second-order valence-corrected chi connectivity index (χ2v) is 7.89. The lowest BCUT2D eigenvalue weighted by atomic mass is 9.94. The molecule has 25 heavy (non-hydrogen) atoms. The summed E-state index contributed by atoms with van der Waals surface area (Å²) in [5, 5.41) is 1.61. The van der Waals surface area contributed by atoms with Crippen molar-refractivity contribution in [3.8, 4) is 0 Å². The van der Waals surface area contributed by atoms with Crippen LogP contribution in [0.5, 0.6) is 0 Å². The summed E-state index contributed by atoms with van der Waals surface area (Å²) in [5.74, 6) is -0.324. The number of aromatic amines is 1. The van der Waals surface area contributed by atoms with Gasteiger partial charge >= 0.3 is 15.5 Å². The van der Waals surface area contributed by atoms with Gasteiger partial charge in [0.15, 0.2) is 5.65 Å². The van der Waals surface area contributed by atoms with Gasteiger partial charge in [0, 0.05) is 36.3 Å². The van der Waals surface area contributed by atoms with E-state index < -0.39 is 15.5 Å². The third-order valence-corrected chi connectivity index (χ3v) is 6.14. The van der Waals surface area contributed by atoms with E-state index in [1.807, 2.05) is 0 Å². The van der Waals surface area contributed by atoms with E-state index in [-0.39, 0.29) is 19.0 Å². The minimum Gasteiger partial charge on any atom is -0.360 e. The number of sulfonamides is 1. The van der Waals surface area contributed by atoms with E-state index in [0.29, 0.717) is 16.4 Å². The summed E-state index contributed by atoms with van der Waals surface area (Å²) in [7, 11) is -5.30. The normalized spacial score (nSPS) is 19.9. The predicted octanol–water partition coefficient (Wildman–Crippen LogP) is 2.75. The lowest BCUT2D eigenvalue weighted by Crippen LogP contribution is -2.39. The molecular weight excluding hydrogens is 357 g/mol. The lowest BCUT2D eigenvalue weighted by molar-refractivity contribution is -0.0483. The molecule has 1 saturated heterocycles. The van der Waals surface area contributed by atoms with Crippen molar-refractivity contribution in [3.63, 3.8) is 0 Å². The summed E-state index contributed by atoms with van der Waals surface area (Å²) in [6, 6.07) is 3.57. The molecule has 0 spiro atoms. The fraction of sp³-hybridized carbons (Fsp3) is 0.333. The van der Waals surface area contributed by atoms with Crippen LogP contribution in [0.3, 0.4) is 0 Å². The molecule has 6 nitrogen and oxygen atoms in total. The Labute approximate surface area is 140 Å². The number of fused-ring (bicyclic) bond motifs is 3. The quantitative estimate of drug-likeness (QED) is 0.752. The van der Waals surface area contributed by atoms with Crippen LogP contribution in [0.15, 0.2) is 30.7 Å². The van der Waals surface area contributed by atoms with Crippen molar-refractivity contribution >= 4 is 32.0 Å². The number of rotatable bonds is 2. The van der Waals surface area contributed by atoms with E-state index in [1.165, 1.54) is 0 Å². The Morgan fingerprint density at radius 3 is 2.80 bits per heavy atom. The Bertz CT molecular complexity index is 1060. The summed E-state index contributed by atoms with van der Waals surface area (Å²) in [5.41, 5.74) is -3.20. The molecule has 0 aromatic carbocycles. The van der Waals surface area contributed by atoms with Crippen molar-refractivity contribution < 1.29 is 21.6 Å². The zero-order valence-electron chi connectivity index (χ0n) is 12.8. The van der Waals surface area contributed by atoms with Gasteiger partial charge < -0.3 is 4.98 Å². The van der Waals surface area contributed by atoms with E-state index in [2.05, 4.69) is 15.0 Å². The highest BCUT2D eigenvalue weighted by molar-refractivity contribution is 7.90. The van der Waals surface area contributed by atoms with Gasteiger partial charge in [0.25, 0.3) is 0 Å². The van der Waals surface area contributed by atoms with Gasteiger partial charge in [-0.05, 0) is 30.0 Å². The molecular formula is C15H13F3N4O2S. The molecule has 1 fully saturated rings. The number of H-pyrrole nitrogens is 1. The molecule has 0 bridgehead atoms. The minimum absolute atomic E-state index is 0.153. The van der Waals surface area contributed by atoms with Gasteiger partial charge in [0.1, 0.15) is 0 Å². The maximum Gasteiger partial charge on any atom is 0.511 e. The molecule has 0 amide bonds. The van der Waals surface area contributed by atoms with Gasteiger partial charge in [-0.3, -0.25) is 0 Å². The Morgan fingerprint density at radius 2 is 2.04 bits per heavy atom. The molecule has 10 heteroatoms. The van der Waals surface area contributed by atoms with E-state index >= 15 is 0 Å². The summed E-state index contributed by atoms with van der Waals surface area (Å²) < 4.78 is 62.1. The molecule has 132 valence electrons. The standard InChI is InChI=1S/C15H13F3N4O2S/c16-15(17,18)25(23,24)22-6-3-9(8-22)10-1-4-19-12-7-21-14-11(13(10)12)2-5-20-14/h1-2,4-5,7,9,19H,3,6,8H2. The molecule has 1 unspecified atom stereocenters. The van der Waals surface area contributed by atoms with Gasteiger partial charge in [-0.25, -0.2) is 18.4 Å². The largest absolute Gasteiger partial charge is 0.511 e. The molecule has 1 N–H and O–H groups in total. The van der Waals surface area contributed by atoms with Crippen molar-refractivity contribution in [2.45, 2.75) is 17.8 Å². The highest BCUT2D eigenvalue weighted by Gasteiger charge is 2.51. The van der Waals surface area contributed by atoms with Crippen molar-refractivity contribution in [3.05, 3.63) is 36.3 Å². The Balaban J connectivity index is 1.78. The van der Waals surface area contributed by atoms with Crippen molar-refractivity contribution in [1.82, 2.24) is 19.3 Å². The molecule has 1 aliphatic heterocycles. The van der Waals surface area contributed by atoms with Gasteiger partial charge in [-0.1, -0.05) is 0 Å². The van der Waals surface area contributed by atoms with Crippen LogP contribution in [0.25, 0.3) is 21.9 Å². The predicted molar refractivity (Wildman–Crippen MR) is 85.3 cm³/mol. The van der Waals surface area contributed by atoms with Crippen LogP contribution in [0.2, 0.25) is 0 Å². The number of nitrogens with one attached hydrogen (secondary N) is 1. The Morgan fingerprint density at radius 1 is 1.24 bits per heavy atom. The van der Waals surface area contributed by atoms with Crippen LogP contribution in [0.1, 0.15) is 17.9 Å². The van der Waals surface area contributed by atoms with Crippen LogP contribution < -0.4 is 0 Å². The SMILES string of the molecule is O=S(=O)(N1CCC(c2cc[nH]c3cnc4nccc4c23)C1)C(F)(F)F. The second kappa shape index (κ2) is 5.40. The van der Waals surface area contributed by atoms with Crippen molar-refractivity contribution in [2.75, 3.05) is 13.1 Å². The summed E-state index contributed by atoms with van der Waals surface area (Å²) >= 11 is 0. The average molecular weight is 370 g/mol. The van der Waals surface area contributed by atoms with Gasteiger partial charge in [-0.2, -0.15) is 17.5 Å². The third kappa shape index (κ3) is 2.47. The first-order valence-electron chi connectivity index (χ1n) is 7.56. The van der Waals surface area contributed by atoms with Gasteiger partial charge in [0.05, 0.1) is 11.7 Å². The summed E-state index contributed by atoms with van der Waals surface area (Å²) in [6.07, 6.45) is 5.24. The number of pyridine rings is 2. The second-order valence-electron chi connectivity index (χ2n) is 5.96. The molecule has 1 aliphatic rings. The number of aromatic nitrogens is 3. The lowest BCUT2D eigenvalue weighted by Gasteiger charge is -2.19. The van der Waals surface area contributed by atoms with Gasteiger partial charge in [0.2, 0.25) is 0 Å². The van der Waals surface area contributed by atoms with Crippen LogP contribution in [-0.4, -0.2) is 46.3 Å². The molecule has 1 atom stereocenters. The minimum atomic E-state index is -5.30. The molecule has 4 rings (SSSR count). The average Bonchev–Trinajstić information content (AvgIpc) is 3.22. The molecule has 3 aromatic heterocycles. The highest BCUT2D eigenvalue weighted by Crippen LogP contribution is 2.38. The van der Waals surface area contributed by atoms with Gasteiger partial charge in [-0.15, -0.1) is 0 Å². The Hall–Kier alpha value is -2.20.